The molecule has 0 aromatic heterocycles. The number of hydrogen-bond donors (Lipinski definition) is 1. The Hall–Kier alpha value is -0.770. The highest BCUT2D eigenvalue weighted by atomic mass is 16.6. The van der Waals surface area contributed by atoms with Crippen LogP contribution in [0.5, 0.6) is 0 Å². The molecule has 1 heterocycles. The zero-order valence-corrected chi connectivity index (χ0v) is 10.5. The number of aliphatic hydroxyl groups excluding tert-OH is 1. The number of β-amino-alcohol motifs (C(OH)–C–C–N with tert-alkyl or cyclic N) is 1. The summed E-state index contributed by atoms with van der Waals surface area (Å²) in [6, 6.07) is 0. The van der Waals surface area contributed by atoms with Crippen LogP contribution in [0.25, 0.3) is 0 Å². The lowest BCUT2D eigenvalue weighted by Crippen LogP contribution is -2.43. The molecule has 4 heteroatoms. The van der Waals surface area contributed by atoms with Crippen LogP contribution in [-0.2, 0) is 4.74 Å². The van der Waals surface area contributed by atoms with Gasteiger partial charge in [0.15, 0.2) is 0 Å². The van der Waals surface area contributed by atoms with E-state index in [4.69, 9.17) is 4.74 Å². The Balaban J connectivity index is 2.33. The van der Waals surface area contributed by atoms with Gasteiger partial charge < -0.3 is 14.7 Å². The fourth-order valence-corrected chi connectivity index (χ4v) is 2.08. The average Bonchev–Trinajstić information content (AvgIpc) is 2.16. The molecular weight excluding hydrogens is 206 g/mol. The number of carbonyl (C=O) groups is 1. The van der Waals surface area contributed by atoms with Crippen molar-refractivity contribution in [2.75, 3.05) is 13.1 Å². The summed E-state index contributed by atoms with van der Waals surface area (Å²) < 4.78 is 5.32. The van der Waals surface area contributed by atoms with Crippen LogP contribution in [0.4, 0.5) is 4.79 Å². The van der Waals surface area contributed by atoms with Gasteiger partial charge in [-0.2, -0.15) is 0 Å². The fourth-order valence-electron chi connectivity index (χ4n) is 2.08. The van der Waals surface area contributed by atoms with Crippen molar-refractivity contribution in [1.29, 1.82) is 0 Å². The molecule has 0 aromatic carbocycles. The van der Waals surface area contributed by atoms with Crippen LogP contribution in [0, 0.1) is 5.92 Å². The monoisotopic (exact) mass is 229 g/mol. The van der Waals surface area contributed by atoms with Crippen LogP contribution in [0.3, 0.4) is 0 Å². The van der Waals surface area contributed by atoms with Gasteiger partial charge in [-0.15, -0.1) is 0 Å². The maximum atomic E-state index is 11.7. The number of ether oxygens (including phenoxy) is 1. The molecule has 1 rings (SSSR count). The van der Waals surface area contributed by atoms with Crippen molar-refractivity contribution in [2.45, 2.75) is 52.2 Å². The minimum absolute atomic E-state index is 0.0495. The van der Waals surface area contributed by atoms with Crippen molar-refractivity contribution in [1.82, 2.24) is 4.90 Å². The molecule has 0 bridgehead atoms. The van der Waals surface area contributed by atoms with E-state index in [0.29, 0.717) is 19.0 Å². The van der Waals surface area contributed by atoms with Crippen molar-refractivity contribution in [3.05, 3.63) is 0 Å². The van der Waals surface area contributed by atoms with Gasteiger partial charge in [0.25, 0.3) is 0 Å². The number of carbonyl (C=O) groups excluding carboxylic acids is 1. The van der Waals surface area contributed by atoms with Gasteiger partial charge in [0.05, 0.1) is 6.10 Å². The molecule has 0 aromatic rings. The van der Waals surface area contributed by atoms with Gasteiger partial charge in [0.1, 0.15) is 6.10 Å². The zero-order valence-electron chi connectivity index (χ0n) is 10.5. The summed E-state index contributed by atoms with van der Waals surface area (Å²) in [6.07, 6.45) is 1.79. The van der Waals surface area contributed by atoms with Gasteiger partial charge in [0, 0.05) is 13.1 Å². The fraction of sp³-hybridized carbons (Fsp3) is 0.917. The van der Waals surface area contributed by atoms with E-state index in [0.717, 1.165) is 19.3 Å². The third-order valence-electron chi connectivity index (χ3n) is 2.76. The number of hydrogen-bond acceptors (Lipinski definition) is 3. The van der Waals surface area contributed by atoms with Crippen LogP contribution in [0.1, 0.15) is 40.0 Å². The van der Waals surface area contributed by atoms with Crippen LogP contribution in [0.2, 0.25) is 0 Å². The second kappa shape index (κ2) is 6.09. The molecule has 0 saturated carbocycles. The minimum atomic E-state index is -0.387. The standard InChI is InChI=1S/C12H23NO3/c1-9(2)7-10(3)16-12(15)13-6-4-5-11(14)8-13/h9-11,14H,4-8H2,1-3H3/t10-,11+/m0/s1. The molecule has 0 spiro atoms. The molecule has 1 aliphatic rings. The summed E-state index contributed by atoms with van der Waals surface area (Å²) in [4.78, 5) is 13.3. The van der Waals surface area contributed by atoms with Crippen LogP contribution < -0.4 is 0 Å². The van der Waals surface area contributed by atoms with Crippen LogP contribution in [0.15, 0.2) is 0 Å². The Kier molecular flexibility index (Phi) is 5.06. The summed E-state index contributed by atoms with van der Waals surface area (Å²) in [7, 11) is 0. The van der Waals surface area contributed by atoms with Crippen LogP contribution >= 0.6 is 0 Å². The van der Waals surface area contributed by atoms with Gasteiger partial charge in [-0.1, -0.05) is 13.8 Å². The summed E-state index contributed by atoms with van der Waals surface area (Å²) in [5, 5.41) is 9.46. The summed E-state index contributed by atoms with van der Waals surface area (Å²) in [5.74, 6) is 0.523. The Bertz CT molecular complexity index is 230. The second-order valence-electron chi connectivity index (χ2n) is 5.07. The number of aliphatic hydroxyl groups is 1. The second-order valence-corrected chi connectivity index (χ2v) is 5.07. The van der Waals surface area contributed by atoms with E-state index >= 15 is 0 Å². The van der Waals surface area contributed by atoms with E-state index in [1.807, 2.05) is 6.92 Å². The number of rotatable bonds is 3. The van der Waals surface area contributed by atoms with Crippen molar-refractivity contribution < 1.29 is 14.6 Å². The molecule has 1 aliphatic heterocycles. The van der Waals surface area contributed by atoms with E-state index in [-0.39, 0.29) is 18.3 Å². The molecule has 16 heavy (non-hydrogen) atoms. The predicted molar refractivity (Wildman–Crippen MR) is 62.2 cm³/mol. The smallest absolute Gasteiger partial charge is 0.410 e. The summed E-state index contributed by atoms with van der Waals surface area (Å²) in [5.41, 5.74) is 0. The number of likely N-dealkylation sites (tertiary alicyclic amines) is 1. The summed E-state index contributed by atoms with van der Waals surface area (Å²) >= 11 is 0. The molecule has 0 aliphatic carbocycles. The van der Waals surface area contributed by atoms with Crippen molar-refractivity contribution in [3.8, 4) is 0 Å². The molecule has 94 valence electrons. The third kappa shape index (κ3) is 4.39. The first-order chi connectivity index (χ1) is 7.49. The van der Waals surface area contributed by atoms with E-state index in [1.165, 1.54) is 0 Å². The van der Waals surface area contributed by atoms with E-state index < -0.39 is 0 Å². The number of nitrogens with zero attached hydrogens (tertiary/aromatic N) is 1. The summed E-state index contributed by atoms with van der Waals surface area (Å²) in [6.45, 7) is 7.24. The molecule has 0 radical (unpaired) electrons. The molecule has 1 N–H and O–H groups in total. The Labute approximate surface area is 97.6 Å². The highest BCUT2D eigenvalue weighted by Crippen LogP contribution is 2.14. The van der Waals surface area contributed by atoms with Crippen molar-refractivity contribution in [2.24, 2.45) is 5.92 Å². The topological polar surface area (TPSA) is 49.8 Å². The predicted octanol–water partition coefficient (Wildman–Crippen LogP) is 2.01. The molecule has 2 atom stereocenters. The van der Waals surface area contributed by atoms with E-state index in [2.05, 4.69) is 13.8 Å². The minimum Gasteiger partial charge on any atom is -0.446 e. The van der Waals surface area contributed by atoms with Crippen LogP contribution in [-0.4, -0.2) is 41.4 Å². The number of piperidine rings is 1. The molecular formula is C12H23NO3. The highest BCUT2D eigenvalue weighted by molar-refractivity contribution is 5.67. The first-order valence-corrected chi connectivity index (χ1v) is 6.12. The molecule has 1 saturated heterocycles. The normalized spacial score (nSPS) is 23.3. The first-order valence-electron chi connectivity index (χ1n) is 6.12. The van der Waals surface area contributed by atoms with Gasteiger partial charge >= 0.3 is 6.09 Å². The third-order valence-corrected chi connectivity index (χ3v) is 2.76. The van der Waals surface area contributed by atoms with Crippen molar-refractivity contribution >= 4 is 6.09 Å². The maximum absolute atomic E-state index is 11.7. The zero-order chi connectivity index (χ0) is 12.1. The molecule has 4 nitrogen and oxygen atoms in total. The highest BCUT2D eigenvalue weighted by Gasteiger charge is 2.24. The van der Waals surface area contributed by atoms with Gasteiger partial charge in [-0.05, 0) is 32.1 Å². The lowest BCUT2D eigenvalue weighted by Gasteiger charge is -2.30. The molecule has 1 amide bonds. The number of amides is 1. The Morgan fingerprint density at radius 2 is 2.19 bits per heavy atom. The van der Waals surface area contributed by atoms with E-state index in [1.54, 1.807) is 4.90 Å². The molecule has 1 fully saturated rings. The Morgan fingerprint density at radius 3 is 2.75 bits per heavy atom. The SMILES string of the molecule is CC(C)C[C@H](C)OC(=O)N1CCC[C@@H](O)C1. The van der Waals surface area contributed by atoms with Crippen molar-refractivity contribution in [3.63, 3.8) is 0 Å². The first kappa shape index (κ1) is 13.3. The maximum Gasteiger partial charge on any atom is 0.410 e. The lowest BCUT2D eigenvalue weighted by molar-refractivity contribution is 0.0284. The van der Waals surface area contributed by atoms with E-state index in [9.17, 15) is 9.90 Å². The largest absolute Gasteiger partial charge is 0.446 e. The lowest BCUT2D eigenvalue weighted by atomic mass is 10.1. The Morgan fingerprint density at radius 1 is 1.50 bits per heavy atom. The molecule has 0 unspecified atom stereocenters. The van der Waals surface area contributed by atoms with Gasteiger partial charge in [0.2, 0.25) is 0 Å². The quantitative estimate of drug-likeness (QED) is 0.805. The average molecular weight is 229 g/mol. The van der Waals surface area contributed by atoms with Gasteiger partial charge in [-0.25, -0.2) is 4.79 Å². The van der Waals surface area contributed by atoms with Gasteiger partial charge in [-0.3, -0.25) is 0 Å².